The van der Waals surface area contributed by atoms with Gasteiger partial charge in [0.2, 0.25) is 0 Å². The summed E-state index contributed by atoms with van der Waals surface area (Å²) in [5, 5.41) is 2.75. The van der Waals surface area contributed by atoms with Crippen LogP contribution in [0.3, 0.4) is 0 Å². The van der Waals surface area contributed by atoms with Crippen LogP contribution in [0.15, 0.2) is 66.7 Å². The first-order chi connectivity index (χ1) is 17.9. The number of hydrogen-bond acceptors (Lipinski definition) is 5. The fourth-order valence-corrected chi connectivity index (χ4v) is 3.57. The van der Waals surface area contributed by atoms with Crippen molar-refractivity contribution in [2.75, 3.05) is 19.8 Å². The van der Waals surface area contributed by atoms with Gasteiger partial charge in [-0.1, -0.05) is 24.3 Å². The molecule has 3 rings (SSSR count). The lowest BCUT2D eigenvalue weighted by atomic mass is 10.0. The third-order valence-electron chi connectivity index (χ3n) is 5.61. The first kappa shape index (κ1) is 28.6. The monoisotopic (exact) mass is 529 g/mol. The molecule has 0 radical (unpaired) electrons. The summed E-state index contributed by atoms with van der Waals surface area (Å²) in [6.45, 7) is 7.54. The Morgan fingerprint density at radius 3 is 2.26 bits per heavy atom. The lowest BCUT2D eigenvalue weighted by molar-refractivity contribution is -0.158. The Morgan fingerprint density at radius 2 is 1.63 bits per heavy atom. The van der Waals surface area contributed by atoms with Crippen LogP contribution >= 0.6 is 0 Å². The third-order valence-corrected chi connectivity index (χ3v) is 5.61. The van der Waals surface area contributed by atoms with E-state index in [0.717, 1.165) is 17.7 Å². The van der Waals surface area contributed by atoms with Crippen LogP contribution < -0.4 is 14.8 Å². The van der Waals surface area contributed by atoms with E-state index in [1.54, 1.807) is 69.3 Å². The molecule has 0 aliphatic carbocycles. The van der Waals surface area contributed by atoms with Crippen LogP contribution in [0.4, 0.5) is 13.2 Å². The minimum absolute atomic E-state index is 0.210. The zero-order chi connectivity index (χ0) is 27.9. The predicted molar refractivity (Wildman–Crippen MR) is 137 cm³/mol. The molecule has 38 heavy (non-hydrogen) atoms. The maximum Gasteiger partial charge on any atom is 0.416 e. The predicted octanol–water partition coefficient (Wildman–Crippen LogP) is 6.21. The van der Waals surface area contributed by atoms with E-state index in [0.29, 0.717) is 28.2 Å². The summed E-state index contributed by atoms with van der Waals surface area (Å²) in [5.74, 6) is 0.312. The third kappa shape index (κ3) is 7.50. The van der Waals surface area contributed by atoms with Crippen LogP contribution in [0.2, 0.25) is 0 Å². The van der Waals surface area contributed by atoms with Crippen LogP contribution in [-0.2, 0) is 15.7 Å². The molecule has 0 fully saturated rings. The van der Waals surface area contributed by atoms with Crippen molar-refractivity contribution in [1.82, 2.24) is 5.32 Å². The summed E-state index contributed by atoms with van der Waals surface area (Å²) in [7, 11) is 0. The Kier molecular flexibility index (Phi) is 9.04. The van der Waals surface area contributed by atoms with Gasteiger partial charge in [-0.2, -0.15) is 13.2 Å². The van der Waals surface area contributed by atoms with Crippen molar-refractivity contribution >= 4 is 11.9 Å². The molecule has 0 spiro atoms. The molecule has 0 aromatic heterocycles. The van der Waals surface area contributed by atoms with E-state index in [9.17, 15) is 22.8 Å². The van der Waals surface area contributed by atoms with Gasteiger partial charge < -0.3 is 19.5 Å². The molecule has 0 heterocycles. The Morgan fingerprint density at radius 1 is 0.921 bits per heavy atom. The van der Waals surface area contributed by atoms with Gasteiger partial charge in [-0.25, -0.2) is 4.79 Å². The van der Waals surface area contributed by atoms with E-state index in [2.05, 4.69) is 5.32 Å². The topological polar surface area (TPSA) is 73.9 Å². The number of aryl methyl sites for hydroxylation is 1. The normalized spacial score (nSPS) is 11.6. The molecule has 0 atom stereocenters. The van der Waals surface area contributed by atoms with E-state index in [1.807, 2.05) is 6.92 Å². The summed E-state index contributed by atoms with van der Waals surface area (Å²) in [5.41, 5.74) is 0.265. The fourth-order valence-electron chi connectivity index (χ4n) is 3.57. The molecule has 0 aliphatic heterocycles. The van der Waals surface area contributed by atoms with Crippen molar-refractivity contribution in [3.8, 4) is 22.6 Å². The number of rotatable bonds is 10. The highest BCUT2D eigenvalue weighted by atomic mass is 19.4. The minimum Gasteiger partial charge on any atom is -0.492 e. The second kappa shape index (κ2) is 12.0. The average Bonchev–Trinajstić information content (AvgIpc) is 2.88. The second-order valence-corrected chi connectivity index (χ2v) is 9.02. The summed E-state index contributed by atoms with van der Waals surface area (Å²) in [4.78, 5) is 24.5. The highest BCUT2D eigenvalue weighted by Crippen LogP contribution is 2.32. The number of nitrogens with one attached hydrogen (secondary N) is 1. The van der Waals surface area contributed by atoms with Gasteiger partial charge in [0.25, 0.3) is 5.91 Å². The molecule has 3 aromatic rings. The average molecular weight is 530 g/mol. The maximum absolute atomic E-state index is 13.0. The molecule has 0 bridgehead atoms. The number of hydrogen-bond donors (Lipinski definition) is 1. The molecule has 0 saturated heterocycles. The molecule has 202 valence electrons. The van der Waals surface area contributed by atoms with Crippen molar-refractivity contribution < 1.29 is 37.0 Å². The fraction of sp³-hybridized carbons (Fsp3) is 0.310. The summed E-state index contributed by atoms with van der Waals surface area (Å²) >= 11 is 0. The van der Waals surface area contributed by atoms with E-state index < -0.39 is 23.3 Å². The van der Waals surface area contributed by atoms with E-state index in [4.69, 9.17) is 14.2 Å². The molecule has 0 aliphatic rings. The van der Waals surface area contributed by atoms with Crippen LogP contribution in [0.1, 0.15) is 42.3 Å². The Balaban J connectivity index is 1.51. The zero-order valence-electron chi connectivity index (χ0n) is 21.6. The Labute approximate surface area is 219 Å². The first-order valence-electron chi connectivity index (χ1n) is 12.1. The summed E-state index contributed by atoms with van der Waals surface area (Å²) in [6, 6.07) is 16.6. The van der Waals surface area contributed by atoms with E-state index >= 15 is 0 Å². The highest BCUT2D eigenvalue weighted by molar-refractivity contribution is 5.94. The SMILES string of the molecule is CCOC(=O)C(C)(C)Oc1ccc(OCCNC(=O)c2ccc(-c3cccc(C(F)(F)F)c3)cc2)cc1C. The largest absolute Gasteiger partial charge is 0.492 e. The number of esters is 1. The molecular weight excluding hydrogens is 499 g/mol. The Bertz CT molecular complexity index is 1270. The van der Waals surface area contributed by atoms with Crippen LogP contribution in [0.25, 0.3) is 11.1 Å². The van der Waals surface area contributed by atoms with Gasteiger partial charge >= 0.3 is 12.1 Å². The van der Waals surface area contributed by atoms with Gasteiger partial charge in [-0.15, -0.1) is 0 Å². The van der Waals surface area contributed by atoms with Crippen molar-refractivity contribution in [1.29, 1.82) is 0 Å². The van der Waals surface area contributed by atoms with Crippen molar-refractivity contribution in [3.05, 3.63) is 83.4 Å². The van der Waals surface area contributed by atoms with Gasteiger partial charge in [-0.05, 0) is 86.8 Å². The van der Waals surface area contributed by atoms with Crippen molar-refractivity contribution in [3.63, 3.8) is 0 Å². The van der Waals surface area contributed by atoms with Crippen LogP contribution in [-0.4, -0.2) is 37.2 Å². The van der Waals surface area contributed by atoms with Gasteiger partial charge in [0, 0.05) is 5.56 Å². The number of carbonyl (C=O) groups is 2. The lowest BCUT2D eigenvalue weighted by Crippen LogP contribution is -2.39. The molecule has 0 saturated carbocycles. The van der Waals surface area contributed by atoms with Crippen LogP contribution in [0.5, 0.6) is 11.5 Å². The first-order valence-corrected chi connectivity index (χ1v) is 12.1. The molecule has 1 N–H and O–H groups in total. The molecule has 0 unspecified atom stereocenters. The maximum atomic E-state index is 13.0. The molecule has 3 aromatic carbocycles. The number of ether oxygens (including phenoxy) is 3. The molecule has 9 heteroatoms. The second-order valence-electron chi connectivity index (χ2n) is 9.02. The quantitative estimate of drug-likeness (QED) is 0.250. The zero-order valence-corrected chi connectivity index (χ0v) is 21.6. The molecular formula is C29H30F3NO5. The number of alkyl halides is 3. The van der Waals surface area contributed by atoms with Crippen LogP contribution in [0, 0.1) is 6.92 Å². The Hall–Kier alpha value is -4.01. The molecule has 1 amide bonds. The number of benzene rings is 3. The van der Waals surface area contributed by atoms with Crippen molar-refractivity contribution in [2.24, 2.45) is 0 Å². The molecule has 6 nitrogen and oxygen atoms in total. The van der Waals surface area contributed by atoms with Gasteiger partial charge in [0.05, 0.1) is 18.7 Å². The standard InChI is InChI=1S/C29H30F3NO5/c1-5-36-27(35)28(3,4)38-25-14-13-24(17-19(25)2)37-16-15-33-26(34)21-11-9-20(10-12-21)22-7-6-8-23(18-22)29(30,31)32/h6-14,17-18H,5,15-16H2,1-4H3,(H,33,34). The van der Waals surface area contributed by atoms with Gasteiger partial charge in [0.1, 0.15) is 18.1 Å². The minimum atomic E-state index is -4.42. The number of carbonyl (C=O) groups excluding carboxylic acids is 2. The number of amides is 1. The van der Waals surface area contributed by atoms with E-state index in [1.165, 1.54) is 6.07 Å². The highest BCUT2D eigenvalue weighted by Gasteiger charge is 2.32. The van der Waals surface area contributed by atoms with E-state index in [-0.39, 0.29) is 25.7 Å². The van der Waals surface area contributed by atoms with Crippen molar-refractivity contribution in [2.45, 2.75) is 39.5 Å². The van der Waals surface area contributed by atoms with Gasteiger partial charge in [0.15, 0.2) is 5.60 Å². The summed E-state index contributed by atoms with van der Waals surface area (Å²) < 4.78 is 55.5. The lowest BCUT2D eigenvalue weighted by Gasteiger charge is -2.25. The smallest absolute Gasteiger partial charge is 0.416 e. The number of halogens is 3. The van der Waals surface area contributed by atoms with Gasteiger partial charge in [-0.3, -0.25) is 4.79 Å². The summed E-state index contributed by atoms with van der Waals surface area (Å²) in [6.07, 6.45) is -4.42.